The fourth-order valence-electron chi connectivity index (χ4n) is 2.63. The van der Waals surface area contributed by atoms with Crippen molar-refractivity contribution in [3.05, 3.63) is 76.8 Å². The third kappa shape index (κ3) is 4.91. The Morgan fingerprint density at radius 3 is 2.60 bits per heavy atom. The van der Waals surface area contributed by atoms with Gasteiger partial charge in [-0.1, -0.05) is 29.3 Å². The number of hydrogen-bond acceptors (Lipinski definition) is 3. The van der Waals surface area contributed by atoms with Gasteiger partial charge in [-0.25, -0.2) is 4.98 Å². The number of halogens is 2. The summed E-state index contributed by atoms with van der Waals surface area (Å²) in [5.74, 6) is 0.757. The first-order chi connectivity index (χ1) is 12.1. The van der Waals surface area contributed by atoms with Crippen LogP contribution in [0.2, 0.25) is 10.0 Å². The minimum absolute atomic E-state index is 0.170. The lowest BCUT2D eigenvalue weighted by atomic mass is 10.0. The first-order valence-corrected chi connectivity index (χ1v) is 8.80. The van der Waals surface area contributed by atoms with Crippen LogP contribution in [0.4, 0.5) is 5.69 Å². The monoisotopic (exact) mass is 375 g/mol. The smallest absolute Gasteiger partial charge is 0.125 e. The third-order valence-electron chi connectivity index (χ3n) is 3.91. The molecule has 0 spiro atoms. The second-order valence-electron chi connectivity index (χ2n) is 5.78. The zero-order valence-electron chi connectivity index (χ0n) is 13.6. The lowest BCUT2D eigenvalue weighted by Gasteiger charge is -2.21. The van der Waals surface area contributed by atoms with Crippen molar-refractivity contribution in [1.82, 2.24) is 9.55 Å². The van der Waals surface area contributed by atoms with E-state index in [1.54, 1.807) is 12.3 Å². The van der Waals surface area contributed by atoms with Gasteiger partial charge in [-0.2, -0.15) is 0 Å². The summed E-state index contributed by atoms with van der Waals surface area (Å²) < 4.78 is 8.23. The van der Waals surface area contributed by atoms with Crippen LogP contribution in [0.1, 0.15) is 24.5 Å². The molecule has 3 rings (SSSR count). The van der Waals surface area contributed by atoms with Crippen molar-refractivity contribution in [2.24, 2.45) is 0 Å². The summed E-state index contributed by atoms with van der Waals surface area (Å²) in [5.41, 5.74) is 7.37. The molecule has 0 aliphatic heterocycles. The van der Waals surface area contributed by atoms with Crippen molar-refractivity contribution < 1.29 is 4.74 Å². The van der Waals surface area contributed by atoms with Crippen molar-refractivity contribution in [3.8, 4) is 5.75 Å². The van der Waals surface area contributed by atoms with Gasteiger partial charge in [0.15, 0.2) is 0 Å². The molecule has 0 amide bonds. The molecule has 0 fully saturated rings. The largest absolute Gasteiger partial charge is 0.486 e. The Morgan fingerprint density at radius 1 is 1.12 bits per heavy atom. The van der Waals surface area contributed by atoms with Crippen molar-refractivity contribution in [2.45, 2.75) is 25.5 Å². The number of nitrogen functional groups attached to an aromatic ring is 1. The molecule has 0 aliphatic rings. The number of ether oxygens (including phenoxy) is 1. The average Bonchev–Trinajstić information content (AvgIpc) is 3.09. The highest BCUT2D eigenvalue weighted by molar-refractivity contribution is 6.35. The van der Waals surface area contributed by atoms with Gasteiger partial charge in [-0.15, -0.1) is 0 Å². The molecule has 1 heterocycles. The molecule has 2 N–H and O–H groups in total. The molecule has 0 saturated heterocycles. The predicted molar refractivity (Wildman–Crippen MR) is 102 cm³/mol. The number of rotatable bonds is 7. The molecule has 130 valence electrons. The number of imidazole rings is 1. The molecule has 1 unspecified atom stereocenters. The van der Waals surface area contributed by atoms with Gasteiger partial charge in [0.1, 0.15) is 11.9 Å². The van der Waals surface area contributed by atoms with Gasteiger partial charge in [0.25, 0.3) is 0 Å². The highest BCUT2D eigenvalue weighted by Gasteiger charge is 2.17. The van der Waals surface area contributed by atoms with Crippen molar-refractivity contribution >= 4 is 28.9 Å². The molecule has 1 atom stereocenters. The Labute approximate surface area is 157 Å². The maximum absolute atomic E-state index is 6.39. The number of aromatic nitrogens is 2. The summed E-state index contributed by atoms with van der Waals surface area (Å²) in [6, 6.07) is 12.9. The van der Waals surface area contributed by atoms with E-state index < -0.39 is 0 Å². The number of aryl methyl sites for hydroxylation is 1. The van der Waals surface area contributed by atoms with Crippen LogP contribution in [0.25, 0.3) is 0 Å². The quantitative estimate of drug-likeness (QED) is 0.564. The van der Waals surface area contributed by atoms with Crippen LogP contribution in [0, 0.1) is 0 Å². The molecule has 0 radical (unpaired) electrons. The van der Waals surface area contributed by atoms with Crippen LogP contribution >= 0.6 is 23.2 Å². The van der Waals surface area contributed by atoms with E-state index in [0.717, 1.165) is 30.7 Å². The maximum Gasteiger partial charge on any atom is 0.125 e. The van der Waals surface area contributed by atoms with Gasteiger partial charge < -0.3 is 15.0 Å². The highest BCUT2D eigenvalue weighted by atomic mass is 35.5. The zero-order chi connectivity index (χ0) is 17.6. The van der Waals surface area contributed by atoms with E-state index in [0.29, 0.717) is 15.7 Å². The van der Waals surface area contributed by atoms with Crippen LogP contribution in [-0.2, 0) is 6.54 Å². The van der Waals surface area contributed by atoms with Crippen molar-refractivity contribution in [3.63, 3.8) is 0 Å². The molecule has 2 aromatic carbocycles. The Hall–Kier alpha value is -2.17. The molecule has 0 aliphatic carbocycles. The average molecular weight is 376 g/mol. The molecular weight excluding hydrogens is 357 g/mol. The lowest BCUT2D eigenvalue weighted by Crippen LogP contribution is -2.10. The van der Waals surface area contributed by atoms with Crippen LogP contribution in [0.3, 0.4) is 0 Å². The Balaban J connectivity index is 1.75. The van der Waals surface area contributed by atoms with E-state index in [-0.39, 0.29) is 6.10 Å². The molecule has 4 nitrogen and oxygen atoms in total. The molecule has 6 heteroatoms. The van der Waals surface area contributed by atoms with E-state index >= 15 is 0 Å². The van der Waals surface area contributed by atoms with E-state index in [1.165, 1.54) is 0 Å². The minimum Gasteiger partial charge on any atom is -0.486 e. The molecular formula is C19H19Cl2N3O. The molecule has 3 aromatic rings. The van der Waals surface area contributed by atoms with Crippen molar-refractivity contribution in [2.75, 3.05) is 5.73 Å². The predicted octanol–water partition coefficient (Wildman–Crippen LogP) is 5.37. The normalized spacial score (nSPS) is 12.1. The zero-order valence-corrected chi connectivity index (χ0v) is 15.1. The number of hydrogen-bond donors (Lipinski definition) is 1. The Bertz CT molecular complexity index is 804. The van der Waals surface area contributed by atoms with Crippen LogP contribution < -0.4 is 10.5 Å². The van der Waals surface area contributed by atoms with E-state index in [4.69, 9.17) is 33.7 Å². The number of benzene rings is 2. The third-order valence-corrected chi connectivity index (χ3v) is 4.47. The van der Waals surface area contributed by atoms with E-state index in [9.17, 15) is 0 Å². The molecule has 25 heavy (non-hydrogen) atoms. The summed E-state index contributed by atoms with van der Waals surface area (Å²) in [6.45, 7) is 0.868. The SMILES string of the molecule is Nc1ccc(OC(CCCn2ccnc2)c2ccc(Cl)cc2Cl)cc1. The van der Waals surface area contributed by atoms with Gasteiger partial charge in [-0.05, 0) is 49.2 Å². The van der Waals surface area contributed by atoms with Gasteiger partial charge in [0.05, 0.1) is 6.33 Å². The highest BCUT2D eigenvalue weighted by Crippen LogP contribution is 2.33. The lowest BCUT2D eigenvalue weighted by molar-refractivity contribution is 0.189. The summed E-state index contributed by atoms with van der Waals surface area (Å²) in [4.78, 5) is 4.06. The fraction of sp³-hybridized carbons (Fsp3) is 0.211. The number of nitrogens with two attached hydrogens (primary N) is 1. The first-order valence-electron chi connectivity index (χ1n) is 8.05. The van der Waals surface area contributed by atoms with Gasteiger partial charge in [0.2, 0.25) is 0 Å². The second kappa shape index (κ2) is 8.28. The maximum atomic E-state index is 6.39. The van der Waals surface area contributed by atoms with Crippen LogP contribution in [0.5, 0.6) is 5.75 Å². The fourth-order valence-corrected chi connectivity index (χ4v) is 3.16. The molecule has 1 aromatic heterocycles. The Morgan fingerprint density at radius 2 is 1.92 bits per heavy atom. The van der Waals surface area contributed by atoms with Gasteiger partial charge in [0, 0.05) is 40.2 Å². The van der Waals surface area contributed by atoms with Gasteiger partial charge >= 0.3 is 0 Å². The Kier molecular flexibility index (Phi) is 5.84. The standard InChI is InChI=1S/C19H19Cl2N3O/c20-14-3-8-17(18(21)12-14)19(2-1-10-24-11-9-23-13-24)25-16-6-4-15(22)5-7-16/h3-9,11-13,19H,1-2,10,22H2. The van der Waals surface area contributed by atoms with Crippen LogP contribution in [0.15, 0.2) is 61.2 Å². The van der Waals surface area contributed by atoms with Crippen LogP contribution in [-0.4, -0.2) is 9.55 Å². The van der Waals surface area contributed by atoms with Crippen molar-refractivity contribution in [1.29, 1.82) is 0 Å². The summed E-state index contributed by atoms with van der Waals surface area (Å²) in [5, 5.41) is 1.22. The summed E-state index contributed by atoms with van der Waals surface area (Å²) in [7, 11) is 0. The number of nitrogens with zero attached hydrogens (tertiary/aromatic N) is 2. The summed E-state index contributed by atoms with van der Waals surface area (Å²) >= 11 is 12.4. The van der Waals surface area contributed by atoms with Gasteiger partial charge in [-0.3, -0.25) is 0 Å². The van der Waals surface area contributed by atoms with E-state index in [2.05, 4.69) is 4.98 Å². The topological polar surface area (TPSA) is 53.1 Å². The minimum atomic E-state index is -0.170. The van der Waals surface area contributed by atoms with E-state index in [1.807, 2.05) is 53.5 Å². The molecule has 0 bridgehead atoms. The second-order valence-corrected chi connectivity index (χ2v) is 6.63. The number of anilines is 1. The molecule has 0 saturated carbocycles. The first kappa shape index (κ1) is 17.6. The summed E-state index contributed by atoms with van der Waals surface area (Å²) in [6.07, 6.45) is 7.10.